The Bertz CT molecular complexity index is 645. The second-order valence-corrected chi connectivity index (χ2v) is 4.81. The van der Waals surface area contributed by atoms with Gasteiger partial charge in [0.15, 0.2) is 6.04 Å². The van der Waals surface area contributed by atoms with Crippen molar-refractivity contribution >= 4 is 17.6 Å². The van der Waals surface area contributed by atoms with Gasteiger partial charge in [-0.2, -0.15) is 8.78 Å². The summed E-state index contributed by atoms with van der Waals surface area (Å²) in [5.74, 6) is -5.53. The van der Waals surface area contributed by atoms with E-state index in [1.807, 2.05) is 0 Å². The lowest BCUT2D eigenvalue weighted by molar-refractivity contribution is -0.149. The molecule has 0 fully saturated rings. The Labute approximate surface area is 124 Å². The lowest BCUT2D eigenvalue weighted by Crippen LogP contribution is -2.45. The number of aromatic nitrogens is 1. The van der Waals surface area contributed by atoms with Crippen LogP contribution in [0.25, 0.3) is 11.1 Å². The molecule has 1 unspecified atom stereocenters. The van der Waals surface area contributed by atoms with Gasteiger partial charge in [-0.05, 0) is 23.8 Å². The number of halogens is 3. The highest BCUT2D eigenvalue weighted by molar-refractivity contribution is 6.30. The van der Waals surface area contributed by atoms with Crippen LogP contribution in [0.4, 0.5) is 8.78 Å². The molecule has 21 heavy (non-hydrogen) atoms. The molecule has 2 rings (SSSR count). The maximum atomic E-state index is 13.8. The van der Waals surface area contributed by atoms with E-state index in [1.54, 1.807) is 24.3 Å². The van der Waals surface area contributed by atoms with Gasteiger partial charge < -0.3 is 10.8 Å². The third-order valence-corrected chi connectivity index (χ3v) is 3.19. The first-order valence-corrected chi connectivity index (χ1v) is 6.29. The molecule has 1 atom stereocenters. The van der Waals surface area contributed by atoms with Gasteiger partial charge in [0.25, 0.3) is 0 Å². The van der Waals surface area contributed by atoms with E-state index >= 15 is 0 Å². The van der Waals surface area contributed by atoms with E-state index in [0.29, 0.717) is 10.6 Å². The molecule has 0 saturated heterocycles. The smallest absolute Gasteiger partial charge is 0.327 e. The maximum Gasteiger partial charge on any atom is 0.327 e. The average Bonchev–Trinajstić information content (AvgIpc) is 2.47. The van der Waals surface area contributed by atoms with Gasteiger partial charge in [-0.1, -0.05) is 29.8 Å². The fourth-order valence-electron chi connectivity index (χ4n) is 1.72. The summed E-state index contributed by atoms with van der Waals surface area (Å²) in [6.45, 7) is 0. The molecule has 0 amide bonds. The van der Waals surface area contributed by atoms with Crippen LogP contribution >= 0.6 is 11.6 Å². The van der Waals surface area contributed by atoms with Crippen molar-refractivity contribution in [3.63, 3.8) is 0 Å². The number of hydrogen-bond donors (Lipinski definition) is 2. The molecule has 110 valence electrons. The van der Waals surface area contributed by atoms with E-state index in [-0.39, 0.29) is 0 Å². The Morgan fingerprint density at radius 2 is 1.76 bits per heavy atom. The van der Waals surface area contributed by atoms with Gasteiger partial charge in [-0.3, -0.25) is 9.78 Å². The highest BCUT2D eigenvalue weighted by atomic mass is 35.5. The molecule has 0 aliphatic rings. The standard InChI is InChI=1S/C14H11ClF2N2O2/c15-10-4-1-8(2-5-10)9-3-6-11(19-7-9)14(16,17)12(18)13(20)21/h1-7,12H,18H2,(H,20,21). The normalized spacial score (nSPS) is 13.0. The van der Waals surface area contributed by atoms with Crippen LogP contribution in [0.15, 0.2) is 42.6 Å². The molecular formula is C14H11ClF2N2O2. The summed E-state index contributed by atoms with van der Waals surface area (Å²) < 4.78 is 27.6. The second-order valence-electron chi connectivity index (χ2n) is 4.38. The zero-order valence-electron chi connectivity index (χ0n) is 10.6. The number of hydrogen-bond acceptors (Lipinski definition) is 3. The molecule has 0 saturated carbocycles. The molecule has 2 aromatic rings. The Morgan fingerprint density at radius 3 is 2.24 bits per heavy atom. The molecule has 1 aromatic heterocycles. The monoisotopic (exact) mass is 312 g/mol. The molecule has 4 nitrogen and oxygen atoms in total. The first kappa shape index (κ1) is 15.3. The van der Waals surface area contributed by atoms with Crippen molar-refractivity contribution in [1.82, 2.24) is 4.98 Å². The summed E-state index contributed by atoms with van der Waals surface area (Å²) in [4.78, 5) is 14.2. The average molecular weight is 313 g/mol. The third-order valence-electron chi connectivity index (χ3n) is 2.94. The summed E-state index contributed by atoms with van der Waals surface area (Å²) in [5, 5.41) is 9.15. The number of rotatable bonds is 4. The Balaban J connectivity index is 2.30. The van der Waals surface area contributed by atoms with E-state index in [0.717, 1.165) is 11.6 Å². The number of benzene rings is 1. The molecule has 1 aromatic carbocycles. The lowest BCUT2D eigenvalue weighted by atomic mass is 10.0. The minimum atomic E-state index is -3.75. The predicted octanol–water partition coefficient (Wildman–Crippen LogP) is 2.91. The third kappa shape index (κ3) is 3.17. The van der Waals surface area contributed by atoms with Crippen LogP contribution in [0.1, 0.15) is 5.69 Å². The van der Waals surface area contributed by atoms with Gasteiger partial charge in [0.1, 0.15) is 5.69 Å². The number of carboxylic acids is 1. The van der Waals surface area contributed by atoms with Crippen molar-refractivity contribution in [2.24, 2.45) is 5.73 Å². The summed E-state index contributed by atoms with van der Waals surface area (Å²) in [6.07, 6.45) is 1.24. The van der Waals surface area contributed by atoms with Gasteiger partial charge in [-0.15, -0.1) is 0 Å². The predicted molar refractivity (Wildman–Crippen MR) is 74.2 cm³/mol. The van der Waals surface area contributed by atoms with Gasteiger partial charge in [0.05, 0.1) is 0 Å². The number of aliphatic carboxylic acids is 1. The van der Waals surface area contributed by atoms with Crippen LogP contribution in [0.2, 0.25) is 5.02 Å². The van der Waals surface area contributed by atoms with Gasteiger partial charge in [-0.25, -0.2) is 0 Å². The number of nitrogens with two attached hydrogens (primary N) is 1. The van der Waals surface area contributed by atoms with Crippen molar-refractivity contribution in [2.45, 2.75) is 12.0 Å². The van der Waals surface area contributed by atoms with Crippen molar-refractivity contribution in [1.29, 1.82) is 0 Å². The molecule has 0 spiro atoms. The fraction of sp³-hybridized carbons (Fsp3) is 0.143. The zero-order chi connectivity index (χ0) is 15.6. The number of carbonyl (C=O) groups is 1. The molecule has 7 heteroatoms. The first-order valence-electron chi connectivity index (χ1n) is 5.91. The van der Waals surface area contributed by atoms with Crippen LogP contribution in [0, 0.1) is 0 Å². The van der Waals surface area contributed by atoms with Crippen molar-refractivity contribution < 1.29 is 18.7 Å². The Hall–Kier alpha value is -2.05. The van der Waals surface area contributed by atoms with Gasteiger partial charge >= 0.3 is 11.9 Å². The molecule has 0 aliphatic carbocycles. The number of nitrogens with zero attached hydrogens (tertiary/aromatic N) is 1. The summed E-state index contributed by atoms with van der Waals surface area (Å²) in [7, 11) is 0. The second kappa shape index (κ2) is 5.75. The molecule has 1 heterocycles. The highest BCUT2D eigenvalue weighted by Crippen LogP contribution is 2.30. The van der Waals surface area contributed by atoms with Crippen LogP contribution < -0.4 is 5.73 Å². The van der Waals surface area contributed by atoms with Crippen LogP contribution in [-0.2, 0) is 10.7 Å². The summed E-state index contributed by atoms with van der Waals surface area (Å²) in [6, 6.07) is 6.92. The summed E-state index contributed by atoms with van der Waals surface area (Å²) in [5.41, 5.74) is 5.66. The number of carboxylic acid groups (broad SMARTS) is 1. The SMILES string of the molecule is NC(C(=O)O)C(F)(F)c1ccc(-c2ccc(Cl)cc2)cn1. The largest absolute Gasteiger partial charge is 0.480 e. The fourth-order valence-corrected chi connectivity index (χ4v) is 1.84. The van der Waals surface area contributed by atoms with E-state index in [2.05, 4.69) is 4.98 Å². The van der Waals surface area contributed by atoms with Crippen LogP contribution in [0.5, 0.6) is 0 Å². The van der Waals surface area contributed by atoms with E-state index in [4.69, 9.17) is 22.4 Å². The number of pyridine rings is 1. The zero-order valence-corrected chi connectivity index (χ0v) is 11.4. The molecule has 0 aliphatic heterocycles. The highest BCUT2D eigenvalue weighted by Gasteiger charge is 2.45. The Kier molecular flexibility index (Phi) is 4.20. The van der Waals surface area contributed by atoms with Crippen LogP contribution in [-0.4, -0.2) is 22.1 Å². The van der Waals surface area contributed by atoms with E-state index in [1.165, 1.54) is 12.3 Å². The van der Waals surface area contributed by atoms with Crippen molar-refractivity contribution in [3.05, 3.63) is 53.3 Å². The minimum absolute atomic E-state index is 0.558. The lowest BCUT2D eigenvalue weighted by Gasteiger charge is -2.19. The van der Waals surface area contributed by atoms with E-state index < -0.39 is 23.6 Å². The maximum absolute atomic E-state index is 13.8. The van der Waals surface area contributed by atoms with E-state index in [9.17, 15) is 13.6 Å². The topological polar surface area (TPSA) is 76.2 Å². The van der Waals surface area contributed by atoms with Crippen LogP contribution in [0.3, 0.4) is 0 Å². The molecule has 0 bridgehead atoms. The molecule has 0 radical (unpaired) electrons. The van der Waals surface area contributed by atoms with Gasteiger partial charge in [0.2, 0.25) is 0 Å². The molecule has 3 N–H and O–H groups in total. The first-order chi connectivity index (χ1) is 9.82. The number of alkyl halides is 2. The van der Waals surface area contributed by atoms with Gasteiger partial charge in [0, 0.05) is 16.8 Å². The quantitative estimate of drug-likeness (QED) is 0.910. The van der Waals surface area contributed by atoms with Crippen molar-refractivity contribution in [2.75, 3.05) is 0 Å². The Morgan fingerprint density at radius 1 is 1.19 bits per heavy atom. The molecular weight excluding hydrogens is 302 g/mol. The summed E-state index contributed by atoms with van der Waals surface area (Å²) >= 11 is 5.76. The minimum Gasteiger partial charge on any atom is -0.480 e. The van der Waals surface area contributed by atoms with Crippen molar-refractivity contribution in [3.8, 4) is 11.1 Å².